The van der Waals surface area contributed by atoms with Crippen LogP contribution >= 0.6 is 0 Å². The molecule has 0 aliphatic heterocycles. The second-order valence-corrected chi connectivity index (χ2v) is 4.21. The third-order valence-electron chi connectivity index (χ3n) is 2.43. The molecule has 1 amide bonds. The Bertz CT molecular complexity index is 587. The molecule has 2 N–H and O–H groups in total. The Morgan fingerprint density at radius 2 is 2.14 bits per heavy atom. The van der Waals surface area contributed by atoms with Gasteiger partial charge in [-0.05, 0) is 13.0 Å². The van der Waals surface area contributed by atoms with Gasteiger partial charge in [0.2, 0.25) is 5.91 Å². The van der Waals surface area contributed by atoms with Gasteiger partial charge in [-0.15, -0.1) is 0 Å². The molecule has 7 nitrogen and oxygen atoms in total. The number of hydrogen-bond donors (Lipinski definition) is 2. The van der Waals surface area contributed by atoms with Gasteiger partial charge in [-0.1, -0.05) is 0 Å². The molecule has 0 saturated heterocycles. The number of amides is 1. The number of hydrogen-bond acceptors (Lipinski definition) is 5. The first kappa shape index (κ1) is 17.4. The number of nitro groups is 1. The first-order valence-corrected chi connectivity index (χ1v) is 6.08. The van der Waals surface area contributed by atoms with E-state index in [4.69, 9.17) is 0 Å². The fourth-order valence-electron chi connectivity index (χ4n) is 1.44. The molecule has 1 aromatic rings. The quantitative estimate of drug-likeness (QED) is 0.361. The minimum atomic E-state index is -4.53. The fraction of sp³-hybridized carbons (Fsp3) is 0.333. The lowest BCUT2D eigenvalue weighted by molar-refractivity contribution is -0.385. The zero-order valence-electron chi connectivity index (χ0n) is 11.5. The molecule has 0 aliphatic rings. The van der Waals surface area contributed by atoms with Crippen LogP contribution in [-0.2, 0) is 4.79 Å². The number of alkyl halides is 3. The van der Waals surface area contributed by atoms with Crippen LogP contribution in [0.2, 0.25) is 0 Å². The highest BCUT2D eigenvalue weighted by molar-refractivity contribution is 5.87. The van der Waals surface area contributed by atoms with Crippen molar-refractivity contribution in [1.29, 1.82) is 0 Å². The van der Waals surface area contributed by atoms with Crippen molar-refractivity contribution in [3.8, 4) is 0 Å². The molecule has 22 heavy (non-hydrogen) atoms. The molecule has 0 spiro atoms. The van der Waals surface area contributed by atoms with Crippen molar-refractivity contribution in [1.82, 2.24) is 10.3 Å². The molecule has 1 heterocycles. The standard InChI is InChI=1S/C12H13F3N4O3/c1-8-6-10(18-7-9(8)19(21)22)16-4-5-17-11(20)2-3-12(13,14)15/h2-3,6-7H,4-5H2,1H3,(H,16,18)(H,17,20). The zero-order chi connectivity index (χ0) is 16.8. The van der Waals surface area contributed by atoms with E-state index in [1.807, 2.05) is 0 Å². The number of rotatable bonds is 6. The van der Waals surface area contributed by atoms with E-state index in [0.29, 0.717) is 17.5 Å². The van der Waals surface area contributed by atoms with Gasteiger partial charge in [0.15, 0.2) is 0 Å². The van der Waals surface area contributed by atoms with E-state index in [0.717, 1.165) is 6.20 Å². The average Bonchev–Trinajstić information content (AvgIpc) is 2.40. The van der Waals surface area contributed by atoms with E-state index in [-0.39, 0.29) is 24.9 Å². The molecule has 0 aromatic carbocycles. The summed E-state index contributed by atoms with van der Waals surface area (Å²) in [5, 5.41) is 15.6. The van der Waals surface area contributed by atoms with Gasteiger partial charge in [-0.25, -0.2) is 4.98 Å². The van der Waals surface area contributed by atoms with Crippen LogP contribution in [0.15, 0.2) is 24.4 Å². The van der Waals surface area contributed by atoms with Gasteiger partial charge in [0.25, 0.3) is 5.69 Å². The van der Waals surface area contributed by atoms with E-state index in [2.05, 4.69) is 15.6 Å². The van der Waals surface area contributed by atoms with Crippen LogP contribution < -0.4 is 10.6 Å². The Labute approximate surface area is 123 Å². The smallest absolute Gasteiger partial charge is 0.368 e. The number of carbonyl (C=O) groups is 1. The van der Waals surface area contributed by atoms with Crippen LogP contribution in [0.3, 0.4) is 0 Å². The van der Waals surface area contributed by atoms with Crippen molar-refractivity contribution >= 4 is 17.4 Å². The highest BCUT2D eigenvalue weighted by Gasteiger charge is 2.22. The maximum Gasteiger partial charge on any atom is 0.409 e. The van der Waals surface area contributed by atoms with Crippen LogP contribution in [0.25, 0.3) is 0 Å². The molecular weight excluding hydrogens is 305 g/mol. The van der Waals surface area contributed by atoms with E-state index in [1.54, 1.807) is 6.92 Å². The molecule has 1 rings (SSSR count). The normalized spacial score (nSPS) is 11.5. The van der Waals surface area contributed by atoms with E-state index in [9.17, 15) is 28.1 Å². The zero-order valence-corrected chi connectivity index (χ0v) is 11.5. The molecule has 0 aliphatic carbocycles. The van der Waals surface area contributed by atoms with Gasteiger partial charge < -0.3 is 10.6 Å². The summed E-state index contributed by atoms with van der Waals surface area (Å²) < 4.78 is 35.5. The lowest BCUT2D eigenvalue weighted by Gasteiger charge is -2.07. The summed E-state index contributed by atoms with van der Waals surface area (Å²) >= 11 is 0. The Morgan fingerprint density at radius 3 is 2.68 bits per heavy atom. The number of allylic oxidation sites excluding steroid dienone is 1. The monoisotopic (exact) mass is 318 g/mol. The Kier molecular flexibility index (Phi) is 5.84. The molecule has 120 valence electrons. The van der Waals surface area contributed by atoms with Gasteiger partial charge in [0.1, 0.15) is 12.0 Å². The SMILES string of the molecule is Cc1cc(NCCNC(=O)C=CC(F)(F)F)ncc1[N+](=O)[O-]. The summed E-state index contributed by atoms with van der Waals surface area (Å²) in [4.78, 5) is 24.9. The fourth-order valence-corrected chi connectivity index (χ4v) is 1.44. The number of anilines is 1. The first-order valence-electron chi connectivity index (χ1n) is 6.08. The maximum absolute atomic E-state index is 11.8. The molecule has 1 aromatic heterocycles. The Morgan fingerprint density at radius 1 is 1.45 bits per heavy atom. The van der Waals surface area contributed by atoms with Crippen LogP contribution in [-0.4, -0.2) is 35.1 Å². The van der Waals surface area contributed by atoms with Gasteiger partial charge in [0.05, 0.1) is 4.92 Å². The summed E-state index contributed by atoms with van der Waals surface area (Å²) in [5.41, 5.74) is 0.302. The molecule has 0 unspecified atom stereocenters. The highest BCUT2D eigenvalue weighted by Crippen LogP contribution is 2.18. The van der Waals surface area contributed by atoms with Crippen molar-refractivity contribution in [3.63, 3.8) is 0 Å². The third kappa shape index (κ3) is 6.20. The predicted molar refractivity (Wildman–Crippen MR) is 72.3 cm³/mol. The van der Waals surface area contributed by atoms with Crippen molar-refractivity contribution in [2.45, 2.75) is 13.1 Å². The summed E-state index contributed by atoms with van der Waals surface area (Å²) in [5.74, 6) is -0.504. The molecule has 0 fully saturated rings. The van der Waals surface area contributed by atoms with Crippen LogP contribution in [0.4, 0.5) is 24.7 Å². The van der Waals surface area contributed by atoms with E-state index >= 15 is 0 Å². The number of aryl methyl sites for hydroxylation is 1. The van der Waals surface area contributed by atoms with Gasteiger partial charge in [0, 0.05) is 30.8 Å². The summed E-state index contributed by atoms with van der Waals surface area (Å²) in [7, 11) is 0. The third-order valence-corrected chi connectivity index (χ3v) is 2.43. The molecule has 0 saturated carbocycles. The number of aromatic nitrogens is 1. The topological polar surface area (TPSA) is 97.2 Å². The van der Waals surface area contributed by atoms with Gasteiger partial charge in [-0.3, -0.25) is 14.9 Å². The molecule has 0 radical (unpaired) electrons. The summed E-state index contributed by atoms with van der Waals surface area (Å²) in [6.45, 7) is 1.82. The number of carbonyl (C=O) groups excluding carboxylic acids is 1. The average molecular weight is 318 g/mol. The number of nitrogens with one attached hydrogen (secondary N) is 2. The van der Waals surface area contributed by atoms with Crippen molar-refractivity contribution in [3.05, 3.63) is 40.1 Å². The van der Waals surface area contributed by atoms with Crippen molar-refractivity contribution in [2.24, 2.45) is 0 Å². The Hall–Kier alpha value is -2.65. The van der Waals surface area contributed by atoms with E-state index < -0.39 is 17.0 Å². The predicted octanol–water partition coefficient (Wildman–Crippen LogP) is 1.94. The number of halogens is 3. The van der Waals surface area contributed by atoms with Crippen molar-refractivity contribution in [2.75, 3.05) is 18.4 Å². The molecule has 10 heteroatoms. The largest absolute Gasteiger partial charge is 0.409 e. The minimum Gasteiger partial charge on any atom is -0.368 e. The molecular formula is C12H13F3N4O3. The van der Waals surface area contributed by atoms with Crippen molar-refractivity contribution < 1.29 is 22.9 Å². The van der Waals surface area contributed by atoms with Crippen LogP contribution in [0.5, 0.6) is 0 Å². The second-order valence-electron chi connectivity index (χ2n) is 4.21. The molecule has 0 atom stereocenters. The number of nitrogens with zero attached hydrogens (tertiary/aromatic N) is 2. The highest BCUT2D eigenvalue weighted by atomic mass is 19.4. The second kappa shape index (κ2) is 7.38. The Balaban J connectivity index is 2.39. The lowest BCUT2D eigenvalue weighted by Crippen LogP contribution is -2.27. The lowest BCUT2D eigenvalue weighted by atomic mass is 10.2. The van der Waals surface area contributed by atoms with Crippen LogP contribution in [0, 0.1) is 17.0 Å². The summed E-state index contributed by atoms with van der Waals surface area (Å²) in [6.07, 6.45) is -3.19. The van der Waals surface area contributed by atoms with Gasteiger partial charge >= 0.3 is 6.18 Å². The maximum atomic E-state index is 11.8. The first-order chi connectivity index (χ1) is 10.2. The van der Waals surface area contributed by atoms with E-state index in [1.165, 1.54) is 6.07 Å². The summed E-state index contributed by atoms with van der Waals surface area (Å²) in [6, 6.07) is 1.46. The molecule has 0 bridgehead atoms. The number of pyridine rings is 1. The van der Waals surface area contributed by atoms with Crippen LogP contribution in [0.1, 0.15) is 5.56 Å². The minimum absolute atomic E-state index is 0.0682. The van der Waals surface area contributed by atoms with Gasteiger partial charge in [-0.2, -0.15) is 13.2 Å².